The number of pyridine rings is 1. The number of nitrogen functional groups attached to an aromatic ring is 1. The SMILES string of the molecule is CCn1nc(C(=O)O)c(=O)c2cc(N)c(C)nc21. The van der Waals surface area contributed by atoms with Crippen LogP contribution >= 0.6 is 0 Å². The minimum atomic E-state index is -1.36. The highest BCUT2D eigenvalue weighted by atomic mass is 16.4. The minimum Gasteiger partial charge on any atom is -0.476 e. The van der Waals surface area contributed by atoms with Gasteiger partial charge in [-0.05, 0) is 19.9 Å². The molecule has 0 atom stereocenters. The molecule has 0 saturated carbocycles. The van der Waals surface area contributed by atoms with Gasteiger partial charge in [-0.1, -0.05) is 0 Å². The molecule has 0 radical (unpaired) electrons. The van der Waals surface area contributed by atoms with Crippen molar-refractivity contribution in [1.29, 1.82) is 0 Å². The first-order chi connectivity index (χ1) is 8.45. The first-order valence-electron chi connectivity index (χ1n) is 5.37. The molecular weight excluding hydrogens is 236 g/mol. The van der Waals surface area contributed by atoms with Crippen LogP contribution in [-0.4, -0.2) is 25.8 Å². The maximum Gasteiger partial charge on any atom is 0.360 e. The maximum atomic E-state index is 11.9. The van der Waals surface area contributed by atoms with Gasteiger partial charge in [0.25, 0.3) is 0 Å². The number of fused-ring (bicyclic) bond motifs is 1. The molecule has 0 unspecified atom stereocenters. The molecule has 2 aromatic rings. The number of nitrogens with zero attached hydrogens (tertiary/aromatic N) is 3. The van der Waals surface area contributed by atoms with Crippen LogP contribution < -0.4 is 11.2 Å². The molecule has 2 heterocycles. The number of aryl methyl sites for hydroxylation is 2. The number of rotatable bonds is 2. The lowest BCUT2D eigenvalue weighted by atomic mass is 10.2. The van der Waals surface area contributed by atoms with Crippen LogP contribution in [0, 0.1) is 6.92 Å². The Balaban J connectivity index is 2.99. The number of hydrogen-bond acceptors (Lipinski definition) is 5. The first-order valence-corrected chi connectivity index (χ1v) is 5.37. The highest BCUT2D eigenvalue weighted by Gasteiger charge is 2.17. The van der Waals surface area contributed by atoms with Gasteiger partial charge in [-0.25, -0.2) is 14.5 Å². The van der Waals surface area contributed by atoms with E-state index in [-0.39, 0.29) is 5.39 Å². The van der Waals surface area contributed by atoms with E-state index in [1.807, 2.05) is 0 Å². The van der Waals surface area contributed by atoms with E-state index in [1.54, 1.807) is 13.8 Å². The molecule has 2 aromatic heterocycles. The smallest absolute Gasteiger partial charge is 0.360 e. The Morgan fingerprint density at radius 3 is 2.78 bits per heavy atom. The fourth-order valence-electron chi connectivity index (χ4n) is 1.67. The third-order valence-electron chi connectivity index (χ3n) is 2.66. The van der Waals surface area contributed by atoms with Crippen molar-refractivity contribution in [3.63, 3.8) is 0 Å². The zero-order valence-electron chi connectivity index (χ0n) is 9.97. The van der Waals surface area contributed by atoms with Gasteiger partial charge in [0.2, 0.25) is 11.1 Å². The van der Waals surface area contributed by atoms with E-state index in [0.717, 1.165) is 0 Å². The molecule has 2 rings (SSSR count). The van der Waals surface area contributed by atoms with Crippen molar-refractivity contribution in [2.24, 2.45) is 0 Å². The summed E-state index contributed by atoms with van der Waals surface area (Å²) in [5.74, 6) is -1.36. The molecule has 0 fully saturated rings. The first kappa shape index (κ1) is 12.0. The van der Waals surface area contributed by atoms with E-state index in [1.165, 1.54) is 10.7 Å². The van der Waals surface area contributed by atoms with Crippen LogP contribution in [0.15, 0.2) is 10.9 Å². The quantitative estimate of drug-likeness (QED) is 0.795. The van der Waals surface area contributed by atoms with Gasteiger partial charge in [-0.3, -0.25) is 4.79 Å². The number of nitrogens with two attached hydrogens (primary N) is 1. The molecule has 94 valence electrons. The van der Waals surface area contributed by atoms with Crippen LogP contribution in [0.3, 0.4) is 0 Å². The van der Waals surface area contributed by atoms with Crippen molar-refractivity contribution in [2.75, 3.05) is 5.73 Å². The van der Waals surface area contributed by atoms with E-state index < -0.39 is 17.1 Å². The van der Waals surface area contributed by atoms with Crippen molar-refractivity contribution in [3.8, 4) is 0 Å². The number of aromatic nitrogens is 3. The number of carboxylic acid groups (broad SMARTS) is 1. The van der Waals surface area contributed by atoms with Gasteiger partial charge in [-0.15, -0.1) is 0 Å². The second kappa shape index (κ2) is 4.10. The fourth-order valence-corrected chi connectivity index (χ4v) is 1.67. The molecule has 7 heteroatoms. The topological polar surface area (TPSA) is 111 Å². The number of carboxylic acids is 1. The van der Waals surface area contributed by atoms with Crippen LogP contribution in [0.2, 0.25) is 0 Å². The molecule has 0 aliphatic rings. The summed E-state index contributed by atoms with van der Waals surface area (Å²) in [5, 5.41) is 12.9. The Hall–Kier alpha value is -2.44. The van der Waals surface area contributed by atoms with Crippen molar-refractivity contribution in [3.05, 3.63) is 27.7 Å². The maximum absolute atomic E-state index is 11.9. The highest BCUT2D eigenvalue weighted by Crippen LogP contribution is 2.15. The molecule has 0 spiro atoms. The molecular formula is C11H12N4O3. The normalized spacial score (nSPS) is 10.8. The van der Waals surface area contributed by atoms with Crippen LogP contribution in [-0.2, 0) is 6.54 Å². The summed E-state index contributed by atoms with van der Waals surface area (Å²) < 4.78 is 1.38. The molecule has 18 heavy (non-hydrogen) atoms. The number of aromatic carboxylic acids is 1. The highest BCUT2D eigenvalue weighted by molar-refractivity contribution is 5.90. The standard InChI is InChI=1S/C11H12N4O3/c1-3-15-10-6(4-7(12)5(2)13-10)9(16)8(14-15)11(17)18/h4H,3,12H2,1-2H3,(H,17,18). The lowest BCUT2D eigenvalue weighted by Crippen LogP contribution is -2.23. The summed E-state index contributed by atoms with van der Waals surface area (Å²) in [5.41, 5.74) is 5.79. The van der Waals surface area contributed by atoms with Crippen molar-refractivity contribution < 1.29 is 9.90 Å². The van der Waals surface area contributed by atoms with Gasteiger partial charge in [0.1, 0.15) is 0 Å². The molecule has 0 aromatic carbocycles. The molecule has 0 aliphatic carbocycles. The predicted octanol–water partition coefficient (Wildman–Crippen LogP) is 0.400. The van der Waals surface area contributed by atoms with Gasteiger partial charge in [0.15, 0.2) is 5.65 Å². The van der Waals surface area contributed by atoms with Crippen LogP contribution in [0.4, 0.5) is 5.69 Å². The Morgan fingerprint density at radius 2 is 2.22 bits per heavy atom. The fraction of sp³-hybridized carbons (Fsp3) is 0.273. The van der Waals surface area contributed by atoms with E-state index in [9.17, 15) is 9.59 Å². The largest absolute Gasteiger partial charge is 0.476 e. The predicted molar refractivity (Wildman–Crippen MR) is 65.6 cm³/mol. The number of anilines is 1. The van der Waals surface area contributed by atoms with E-state index in [2.05, 4.69) is 10.1 Å². The van der Waals surface area contributed by atoms with E-state index >= 15 is 0 Å². The lowest BCUT2D eigenvalue weighted by molar-refractivity contribution is 0.0686. The second-order valence-corrected chi connectivity index (χ2v) is 3.83. The van der Waals surface area contributed by atoms with E-state index in [0.29, 0.717) is 23.6 Å². The van der Waals surface area contributed by atoms with Crippen molar-refractivity contribution in [1.82, 2.24) is 14.8 Å². The second-order valence-electron chi connectivity index (χ2n) is 3.83. The van der Waals surface area contributed by atoms with Gasteiger partial charge in [-0.2, -0.15) is 5.10 Å². The average molecular weight is 248 g/mol. The molecule has 0 bridgehead atoms. The Kier molecular flexibility index (Phi) is 2.74. The summed E-state index contributed by atoms with van der Waals surface area (Å²) in [6.45, 7) is 3.91. The van der Waals surface area contributed by atoms with Crippen molar-refractivity contribution in [2.45, 2.75) is 20.4 Å². The van der Waals surface area contributed by atoms with Crippen LogP contribution in [0.1, 0.15) is 23.1 Å². The van der Waals surface area contributed by atoms with Gasteiger partial charge in [0, 0.05) is 6.54 Å². The average Bonchev–Trinajstić information content (AvgIpc) is 2.32. The Labute approximate surface area is 102 Å². The summed E-state index contributed by atoms with van der Waals surface area (Å²) in [6.07, 6.45) is 0. The summed E-state index contributed by atoms with van der Waals surface area (Å²) in [7, 11) is 0. The summed E-state index contributed by atoms with van der Waals surface area (Å²) in [6, 6.07) is 1.44. The van der Waals surface area contributed by atoms with Gasteiger partial charge >= 0.3 is 5.97 Å². The van der Waals surface area contributed by atoms with Crippen LogP contribution in [0.25, 0.3) is 11.0 Å². The molecule has 0 saturated heterocycles. The monoisotopic (exact) mass is 248 g/mol. The molecule has 0 amide bonds. The minimum absolute atomic E-state index is 0.173. The van der Waals surface area contributed by atoms with Gasteiger partial charge in [0.05, 0.1) is 16.8 Å². The number of hydrogen-bond donors (Lipinski definition) is 2. The zero-order valence-corrected chi connectivity index (χ0v) is 9.97. The Bertz CT molecular complexity index is 705. The van der Waals surface area contributed by atoms with Crippen LogP contribution in [0.5, 0.6) is 0 Å². The molecule has 3 N–H and O–H groups in total. The molecule has 0 aliphatic heterocycles. The third kappa shape index (κ3) is 1.69. The summed E-state index contributed by atoms with van der Waals surface area (Å²) in [4.78, 5) is 27.1. The third-order valence-corrected chi connectivity index (χ3v) is 2.66. The van der Waals surface area contributed by atoms with Crippen molar-refractivity contribution >= 4 is 22.7 Å². The van der Waals surface area contributed by atoms with E-state index in [4.69, 9.17) is 10.8 Å². The number of carbonyl (C=O) groups is 1. The zero-order chi connectivity index (χ0) is 13.4. The summed E-state index contributed by atoms with van der Waals surface area (Å²) >= 11 is 0. The molecule has 7 nitrogen and oxygen atoms in total. The Morgan fingerprint density at radius 1 is 1.56 bits per heavy atom. The van der Waals surface area contributed by atoms with Gasteiger partial charge < -0.3 is 10.8 Å². The lowest BCUT2D eigenvalue weighted by Gasteiger charge is -2.09.